The molecule has 0 radical (unpaired) electrons. The molecule has 2 aromatic rings. The van der Waals surface area contributed by atoms with E-state index in [0.717, 1.165) is 0 Å². The van der Waals surface area contributed by atoms with Gasteiger partial charge in [0, 0.05) is 47.9 Å². The van der Waals surface area contributed by atoms with Crippen LogP contribution in [0.15, 0.2) is 53.4 Å². The molecule has 29 heavy (non-hydrogen) atoms. The summed E-state index contributed by atoms with van der Waals surface area (Å²) in [5.41, 5.74) is 0.955. The Morgan fingerprint density at radius 3 is 2.14 bits per heavy atom. The SMILES string of the molecule is N#Cc1ccc(S(=O)(=O)N2CCN(C(=O)/C=C/c3c(Cl)cccc3Cl)CC2)cc1. The van der Waals surface area contributed by atoms with Gasteiger partial charge in [0.1, 0.15) is 0 Å². The normalized spacial score (nSPS) is 15.4. The number of hydrogen-bond donors (Lipinski definition) is 0. The Balaban J connectivity index is 1.64. The number of hydrogen-bond acceptors (Lipinski definition) is 4. The zero-order valence-corrected chi connectivity index (χ0v) is 17.6. The molecule has 1 saturated heterocycles. The summed E-state index contributed by atoms with van der Waals surface area (Å²) in [5, 5.41) is 9.73. The molecule has 0 aromatic heterocycles. The number of halogens is 2. The van der Waals surface area contributed by atoms with E-state index in [0.29, 0.717) is 21.2 Å². The van der Waals surface area contributed by atoms with Gasteiger partial charge in [-0.25, -0.2) is 8.42 Å². The molecule has 1 fully saturated rings. The molecule has 0 saturated carbocycles. The van der Waals surface area contributed by atoms with Crippen molar-refractivity contribution in [3.05, 3.63) is 69.7 Å². The summed E-state index contributed by atoms with van der Waals surface area (Å²) >= 11 is 12.2. The fourth-order valence-corrected chi connectivity index (χ4v) is 4.87. The first-order valence-electron chi connectivity index (χ1n) is 8.74. The van der Waals surface area contributed by atoms with Crippen LogP contribution < -0.4 is 0 Å². The van der Waals surface area contributed by atoms with Gasteiger partial charge in [-0.3, -0.25) is 4.79 Å². The lowest BCUT2D eigenvalue weighted by Gasteiger charge is -2.33. The predicted molar refractivity (Wildman–Crippen MR) is 112 cm³/mol. The van der Waals surface area contributed by atoms with Crippen molar-refractivity contribution in [1.82, 2.24) is 9.21 Å². The molecular weight excluding hydrogens is 433 g/mol. The van der Waals surface area contributed by atoms with Gasteiger partial charge in [-0.15, -0.1) is 0 Å². The van der Waals surface area contributed by atoms with Crippen molar-refractivity contribution in [2.75, 3.05) is 26.2 Å². The monoisotopic (exact) mass is 449 g/mol. The van der Waals surface area contributed by atoms with E-state index in [-0.39, 0.29) is 37.0 Å². The number of carbonyl (C=O) groups is 1. The molecule has 0 atom stereocenters. The van der Waals surface area contributed by atoms with Crippen molar-refractivity contribution >= 4 is 45.2 Å². The van der Waals surface area contributed by atoms with Gasteiger partial charge in [0.05, 0.1) is 16.5 Å². The van der Waals surface area contributed by atoms with Crippen LogP contribution in [-0.2, 0) is 14.8 Å². The van der Waals surface area contributed by atoms with Gasteiger partial charge in [0.2, 0.25) is 15.9 Å². The van der Waals surface area contributed by atoms with Gasteiger partial charge in [-0.05, 0) is 42.5 Å². The first-order chi connectivity index (χ1) is 13.8. The van der Waals surface area contributed by atoms with Crippen LogP contribution in [0.4, 0.5) is 0 Å². The highest BCUT2D eigenvalue weighted by Gasteiger charge is 2.29. The minimum atomic E-state index is -3.67. The molecular formula is C20H17Cl2N3O3S. The summed E-state index contributed by atoms with van der Waals surface area (Å²) in [6, 6.07) is 12.8. The first kappa shape index (κ1) is 21.3. The maximum Gasteiger partial charge on any atom is 0.246 e. The van der Waals surface area contributed by atoms with Crippen LogP contribution >= 0.6 is 23.2 Å². The summed E-state index contributed by atoms with van der Waals surface area (Å²) in [6.45, 7) is 0.924. The van der Waals surface area contributed by atoms with Gasteiger partial charge in [0.25, 0.3) is 0 Å². The van der Waals surface area contributed by atoms with Crippen molar-refractivity contribution in [2.24, 2.45) is 0 Å². The van der Waals surface area contributed by atoms with Crippen LogP contribution in [0.25, 0.3) is 6.08 Å². The summed E-state index contributed by atoms with van der Waals surface area (Å²) in [6.07, 6.45) is 2.95. The second kappa shape index (κ2) is 8.97. The fourth-order valence-electron chi connectivity index (χ4n) is 2.93. The van der Waals surface area contributed by atoms with Crippen LogP contribution in [0, 0.1) is 11.3 Å². The topological polar surface area (TPSA) is 81.5 Å². The zero-order chi connectivity index (χ0) is 21.0. The number of carbonyl (C=O) groups excluding carboxylic acids is 1. The van der Waals surface area contributed by atoms with Gasteiger partial charge in [-0.2, -0.15) is 9.57 Å². The van der Waals surface area contributed by atoms with Crippen LogP contribution in [0.3, 0.4) is 0 Å². The third-order valence-electron chi connectivity index (χ3n) is 4.56. The van der Waals surface area contributed by atoms with E-state index in [4.69, 9.17) is 28.5 Å². The van der Waals surface area contributed by atoms with Crippen molar-refractivity contribution in [3.8, 4) is 6.07 Å². The Kier molecular flexibility index (Phi) is 6.60. The van der Waals surface area contributed by atoms with E-state index >= 15 is 0 Å². The third kappa shape index (κ3) is 4.80. The quantitative estimate of drug-likeness (QED) is 0.669. The second-order valence-electron chi connectivity index (χ2n) is 6.33. The first-order valence-corrected chi connectivity index (χ1v) is 10.9. The van der Waals surface area contributed by atoms with E-state index < -0.39 is 10.0 Å². The van der Waals surface area contributed by atoms with E-state index in [2.05, 4.69) is 0 Å². The summed E-state index contributed by atoms with van der Waals surface area (Å²) in [5.74, 6) is -0.239. The highest BCUT2D eigenvalue weighted by atomic mass is 35.5. The lowest BCUT2D eigenvalue weighted by Crippen LogP contribution is -2.50. The number of nitrogens with zero attached hydrogens (tertiary/aromatic N) is 3. The van der Waals surface area contributed by atoms with Crippen LogP contribution in [0.2, 0.25) is 10.0 Å². The molecule has 0 spiro atoms. The predicted octanol–water partition coefficient (Wildman–Crippen LogP) is 3.41. The maximum absolute atomic E-state index is 12.7. The van der Waals surface area contributed by atoms with E-state index in [1.165, 1.54) is 34.6 Å². The van der Waals surface area contributed by atoms with Crippen molar-refractivity contribution in [1.29, 1.82) is 5.26 Å². The van der Waals surface area contributed by atoms with Crippen LogP contribution in [0.1, 0.15) is 11.1 Å². The molecule has 0 bridgehead atoms. The van der Waals surface area contributed by atoms with Crippen molar-refractivity contribution in [2.45, 2.75) is 4.90 Å². The summed E-state index contributed by atoms with van der Waals surface area (Å²) < 4.78 is 26.8. The molecule has 0 N–H and O–H groups in total. The van der Waals surface area contributed by atoms with Gasteiger partial charge in [-0.1, -0.05) is 29.3 Å². The van der Waals surface area contributed by atoms with Gasteiger partial charge in [0.15, 0.2) is 0 Å². The average molecular weight is 450 g/mol. The van der Waals surface area contributed by atoms with Crippen LogP contribution in [-0.4, -0.2) is 49.7 Å². The van der Waals surface area contributed by atoms with Gasteiger partial charge >= 0.3 is 0 Å². The molecule has 1 aliphatic rings. The Morgan fingerprint density at radius 2 is 1.59 bits per heavy atom. The standard InChI is InChI=1S/C20H17Cl2N3O3S/c21-18-2-1-3-19(22)17(18)8-9-20(26)24-10-12-25(13-11-24)29(27,28)16-6-4-15(14-23)5-7-16/h1-9H,10-13H2/b9-8+. The number of piperazine rings is 1. The largest absolute Gasteiger partial charge is 0.337 e. The molecule has 2 aromatic carbocycles. The molecule has 9 heteroatoms. The number of rotatable bonds is 4. The molecule has 1 amide bonds. The number of sulfonamides is 1. The molecule has 6 nitrogen and oxygen atoms in total. The Hall–Kier alpha value is -2.37. The van der Waals surface area contributed by atoms with E-state index in [1.807, 2.05) is 6.07 Å². The minimum absolute atomic E-state index is 0.129. The molecule has 1 aliphatic heterocycles. The molecule has 150 valence electrons. The fraction of sp³-hybridized carbons (Fsp3) is 0.200. The minimum Gasteiger partial charge on any atom is -0.337 e. The maximum atomic E-state index is 12.7. The molecule has 3 rings (SSSR count). The van der Waals surface area contributed by atoms with Crippen molar-refractivity contribution in [3.63, 3.8) is 0 Å². The Labute approximate surface area is 179 Å². The van der Waals surface area contributed by atoms with Crippen molar-refractivity contribution < 1.29 is 13.2 Å². The van der Waals surface area contributed by atoms with E-state index in [9.17, 15) is 13.2 Å². The Bertz CT molecular complexity index is 1060. The number of nitriles is 1. The second-order valence-corrected chi connectivity index (χ2v) is 9.09. The molecule has 1 heterocycles. The third-order valence-corrected chi connectivity index (χ3v) is 7.14. The van der Waals surface area contributed by atoms with Gasteiger partial charge < -0.3 is 4.90 Å². The summed E-state index contributed by atoms with van der Waals surface area (Å²) in [4.78, 5) is 14.1. The number of amides is 1. The highest BCUT2D eigenvalue weighted by molar-refractivity contribution is 7.89. The molecule has 0 aliphatic carbocycles. The van der Waals surface area contributed by atoms with Crippen LogP contribution in [0.5, 0.6) is 0 Å². The van der Waals surface area contributed by atoms with E-state index in [1.54, 1.807) is 29.2 Å². The smallest absolute Gasteiger partial charge is 0.246 e. The molecule has 0 unspecified atom stereocenters. The Morgan fingerprint density at radius 1 is 1.00 bits per heavy atom. The average Bonchev–Trinajstić information content (AvgIpc) is 2.73. The highest BCUT2D eigenvalue weighted by Crippen LogP contribution is 2.25. The lowest BCUT2D eigenvalue weighted by atomic mass is 10.2. The zero-order valence-electron chi connectivity index (χ0n) is 15.3. The summed E-state index contributed by atoms with van der Waals surface area (Å²) in [7, 11) is -3.67. The number of benzene rings is 2. The lowest BCUT2D eigenvalue weighted by molar-refractivity contribution is -0.127.